The van der Waals surface area contributed by atoms with Gasteiger partial charge in [0.2, 0.25) is 0 Å². The Hall–Kier alpha value is -1.86. The summed E-state index contributed by atoms with van der Waals surface area (Å²) in [5.74, 6) is 5.33. The van der Waals surface area contributed by atoms with Gasteiger partial charge < -0.3 is 5.11 Å². The molecule has 0 bridgehead atoms. The average molecular weight is 205 g/mol. The van der Waals surface area contributed by atoms with Crippen molar-refractivity contribution < 1.29 is 10.0 Å². The highest BCUT2D eigenvalue weighted by atomic mass is 16.6. The minimum atomic E-state index is -0.448. The van der Waals surface area contributed by atoms with Crippen molar-refractivity contribution in [2.24, 2.45) is 0 Å². The molecule has 4 nitrogen and oxygen atoms in total. The number of nitrogens with zero attached hydrogens (tertiary/aromatic N) is 1. The van der Waals surface area contributed by atoms with E-state index in [4.69, 9.17) is 5.11 Å². The molecule has 0 unspecified atom stereocenters. The van der Waals surface area contributed by atoms with Gasteiger partial charge in [0.25, 0.3) is 5.69 Å². The SMILES string of the molecule is Cc1ccc(C#CCCO)c([N+](=O)[O-])c1. The van der Waals surface area contributed by atoms with Gasteiger partial charge in [0.1, 0.15) is 5.56 Å². The number of hydrogen-bond donors (Lipinski definition) is 1. The molecule has 15 heavy (non-hydrogen) atoms. The van der Waals surface area contributed by atoms with Crippen molar-refractivity contribution in [1.29, 1.82) is 0 Å². The second kappa shape index (κ2) is 5.13. The zero-order valence-electron chi connectivity index (χ0n) is 8.36. The van der Waals surface area contributed by atoms with Crippen molar-refractivity contribution in [3.63, 3.8) is 0 Å². The highest BCUT2D eigenvalue weighted by molar-refractivity contribution is 5.52. The van der Waals surface area contributed by atoms with Crippen molar-refractivity contribution in [1.82, 2.24) is 0 Å². The molecule has 0 aliphatic heterocycles. The van der Waals surface area contributed by atoms with Gasteiger partial charge in [0.15, 0.2) is 0 Å². The van der Waals surface area contributed by atoms with Gasteiger partial charge in [-0.25, -0.2) is 0 Å². The topological polar surface area (TPSA) is 63.4 Å². The lowest BCUT2D eigenvalue weighted by atomic mass is 10.1. The quantitative estimate of drug-likeness (QED) is 0.453. The fraction of sp³-hybridized carbons (Fsp3) is 0.273. The zero-order valence-corrected chi connectivity index (χ0v) is 8.36. The van der Waals surface area contributed by atoms with Gasteiger partial charge in [-0.15, -0.1) is 0 Å². The first-order valence-corrected chi connectivity index (χ1v) is 4.50. The van der Waals surface area contributed by atoms with Crippen LogP contribution >= 0.6 is 0 Å². The van der Waals surface area contributed by atoms with Crippen LogP contribution in [0.5, 0.6) is 0 Å². The van der Waals surface area contributed by atoms with E-state index in [-0.39, 0.29) is 12.3 Å². The Balaban J connectivity index is 3.08. The van der Waals surface area contributed by atoms with Crippen LogP contribution in [-0.2, 0) is 0 Å². The van der Waals surface area contributed by atoms with Crippen LogP contribution in [0.4, 0.5) is 5.69 Å². The van der Waals surface area contributed by atoms with Crippen LogP contribution in [0.1, 0.15) is 17.5 Å². The van der Waals surface area contributed by atoms with E-state index in [1.807, 2.05) is 0 Å². The van der Waals surface area contributed by atoms with Crippen LogP contribution in [-0.4, -0.2) is 16.6 Å². The van der Waals surface area contributed by atoms with Crippen LogP contribution in [0.25, 0.3) is 0 Å². The molecule has 0 aliphatic rings. The Morgan fingerprint density at radius 3 is 2.87 bits per heavy atom. The molecule has 1 rings (SSSR count). The van der Waals surface area contributed by atoms with Gasteiger partial charge in [0, 0.05) is 12.5 Å². The van der Waals surface area contributed by atoms with Crippen LogP contribution in [0.2, 0.25) is 0 Å². The fourth-order valence-corrected chi connectivity index (χ4v) is 1.11. The van der Waals surface area contributed by atoms with Gasteiger partial charge in [-0.1, -0.05) is 17.9 Å². The van der Waals surface area contributed by atoms with Crippen LogP contribution < -0.4 is 0 Å². The number of rotatable bonds is 2. The molecule has 0 spiro atoms. The number of hydrogen-bond acceptors (Lipinski definition) is 3. The van der Waals surface area contributed by atoms with E-state index in [2.05, 4.69) is 11.8 Å². The Bertz CT molecular complexity index is 429. The van der Waals surface area contributed by atoms with Crippen molar-refractivity contribution in [3.8, 4) is 11.8 Å². The van der Waals surface area contributed by atoms with Crippen LogP contribution in [0.15, 0.2) is 18.2 Å². The summed E-state index contributed by atoms with van der Waals surface area (Å²) in [4.78, 5) is 10.2. The third kappa shape index (κ3) is 3.08. The maximum atomic E-state index is 10.7. The van der Waals surface area contributed by atoms with E-state index in [1.165, 1.54) is 6.07 Å². The van der Waals surface area contributed by atoms with Crippen molar-refractivity contribution in [3.05, 3.63) is 39.4 Å². The zero-order chi connectivity index (χ0) is 11.3. The number of nitro benzene ring substituents is 1. The summed E-state index contributed by atoms with van der Waals surface area (Å²) in [6.07, 6.45) is 0.324. The Morgan fingerprint density at radius 1 is 1.53 bits per heavy atom. The maximum Gasteiger partial charge on any atom is 0.285 e. The van der Waals surface area contributed by atoms with Gasteiger partial charge in [-0.05, 0) is 18.6 Å². The van der Waals surface area contributed by atoms with Crippen molar-refractivity contribution >= 4 is 5.69 Å². The molecule has 0 atom stereocenters. The van der Waals surface area contributed by atoms with Crippen molar-refractivity contribution in [2.45, 2.75) is 13.3 Å². The number of aliphatic hydroxyl groups excluding tert-OH is 1. The van der Waals surface area contributed by atoms with Crippen LogP contribution in [0, 0.1) is 28.9 Å². The Morgan fingerprint density at radius 2 is 2.27 bits per heavy atom. The first kappa shape index (κ1) is 11.2. The van der Waals surface area contributed by atoms with E-state index in [1.54, 1.807) is 19.1 Å². The molecule has 0 heterocycles. The fourth-order valence-electron chi connectivity index (χ4n) is 1.11. The molecule has 1 N–H and O–H groups in total. The highest BCUT2D eigenvalue weighted by Crippen LogP contribution is 2.18. The summed E-state index contributed by atoms with van der Waals surface area (Å²) >= 11 is 0. The van der Waals surface area contributed by atoms with E-state index in [0.717, 1.165) is 5.56 Å². The van der Waals surface area contributed by atoms with E-state index in [9.17, 15) is 10.1 Å². The maximum absolute atomic E-state index is 10.7. The molecule has 4 heteroatoms. The number of nitro groups is 1. The third-order valence-electron chi connectivity index (χ3n) is 1.81. The molecule has 0 fully saturated rings. The van der Waals surface area contributed by atoms with E-state index < -0.39 is 4.92 Å². The molecule has 0 radical (unpaired) electrons. The second-order valence-corrected chi connectivity index (χ2v) is 3.05. The molecular formula is C11H11NO3. The molecule has 0 saturated carbocycles. The van der Waals surface area contributed by atoms with Gasteiger partial charge in [-0.3, -0.25) is 10.1 Å². The summed E-state index contributed by atoms with van der Waals surface area (Å²) in [5.41, 5.74) is 1.23. The van der Waals surface area contributed by atoms with E-state index >= 15 is 0 Å². The Labute approximate surface area is 87.7 Å². The molecule has 0 saturated heterocycles. The third-order valence-corrected chi connectivity index (χ3v) is 1.81. The standard InChI is InChI=1S/C11H11NO3/c1-9-5-6-10(4-2-3-7-13)11(8-9)12(14)15/h5-6,8,13H,3,7H2,1H3. The van der Waals surface area contributed by atoms with Crippen LogP contribution in [0.3, 0.4) is 0 Å². The Kier molecular flexibility index (Phi) is 3.83. The first-order chi connectivity index (χ1) is 7.15. The van der Waals surface area contributed by atoms with Gasteiger partial charge in [0.05, 0.1) is 11.5 Å². The summed E-state index contributed by atoms with van der Waals surface area (Å²) in [6, 6.07) is 4.89. The normalized spacial score (nSPS) is 9.20. The molecule has 0 aliphatic carbocycles. The largest absolute Gasteiger partial charge is 0.395 e. The van der Waals surface area contributed by atoms with Crippen molar-refractivity contribution in [2.75, 3.05) is 6.61 Å². The monoisotopic (exact) mass is 205 g/mol. The lowest BCUT2D eigenvalue weighted by Gasteiger charge is -1.96. The predicted octanol–water partition coefficient (Wildman–Crippen LogP) is 1.64. The average Bonchev–Trinajstić information content (AvgIpc) is 2.20. The molecule has 1 aromatic rings. The second-order valence-electron chi connectivity index (χ2n) is 3.05. The summed E-state index contributed by atoms with van der Waals surface area (Å²) < 4.78 is 0. The van der Waals surface area contributed by atoms with Gasteiger partial charge in [-0.2, -0.15) is 0 Å². The summed E-state index contributed by atoms with van der Waals surface area (Å²) in [5, 5.41) is 19.2. The molecule has 0 amide bonds. The highest BCUT2D eigenvalue weighted by Gasteiger charge is 2.11. The van der Waals surface area contributed by atoms with Gasteiger partial charge >= 0.3 is 0 Å². The number of aliphatic hydroxyl groups is 1. The lowest BCUT2D eigenvalue weighted by molar-refractivity contribution is -0.385. The summed E-state index contributed by atoms with van der Waals surface area (Å²) in [7, 11) is 0. The minimum absolute atomic E-state index is 0.0143. The molecular weight excluding hydrogens is 194 g/mol. The predicted molar refractivity (Wildman–Crippen MR) is 56.4 cm³/mol. The molecule has 0 aromatic heterocycles. The smallest absolute Gasteiger partial charge is 0.285 e. The van der Waals surface area contributed by atoms with E-state index in [0.29, 0.717) is 12.0 Å². The molecule has 1 aromatic carbocycles. The minimum Gasteiger partial charge on any atom is -0.395 e. The summed E-state index contributed by atoms with van der Waals surface area (Å²) in [6.45, 7) is 1.75. The molecule has 78 valence electrons. The number of aryl methyl sites for hydroxylation is 1. The lowest BCUT2D eigenvalue weighted by Crippen LogP contribution is -1.92. The number of benzene rings is 1. The first-order valence-electron chi connectivity index (χ1n) is 4.50.